The fourth-order valence-electron chi connectivity index (χ4n) is 2.60. The van der Waals surface area contributed by atoms with Crippen molar-refractivity contribution in [2.24, 2.45) is 0 Å². The van der Waals surface area contributed by atoms with Crippen molar-refractivity contribution in [2.45, 2.75) is 32.6 Å². The molecule has 0 bridgehead atoms. The maximum atomic E-state index is 5.60. The second-order valence-corrected chi connectivity index (χ2v) is 7.58. The summed E-state index contributed by atoms with van der Waals surface area (Å²) in [6.45, 7) is 2.17. The zero-order valence-electron chi connectivity index (χ0n) is 10.2. The van der Waals surface area contributed by atoms with Crippen LogP contribution in [0.4, 0.5) is 0 Å². The smallest absolute Gasteiger partial charge is 0.166 e. The number of benzene rings is 1. The highest BCUT2D eigenvalue weighted by Gasteiger charge is 2.19. The van der Waals surface area contributed by atoms with Crippen LogP contribution in [0.25, 0.3) is 5.69 Å². The molecule has 3 rings (SSSR count). The number of aryl methyl sites for hydroxylation is 2. The quantitative estimate of drug-likeness (QED) is 0.489. The van der Waals surface area contributed by atoms with Gasteiger partial charge in [0.2, 0.25) is 0 Å². The van der Waals surface area contributed by atoms with E-state index >= 15 is 0 Å². The van der Waals surface area contributed by atoms with Crippen molar-refractivity contribution in [3.63, 3.8) is 0 Å². The topological polar surface area (TPSA) is 4.93 Å². The van der Waals surface area contributed by atoms with Crippen molar-refractivity contribution >= 4 is 46.1 Å². The molecule has 18 heavy (non-hydrogen) atoms. The van der Waals surface area contributed by atoms with Gasteiger partial charge in [0.1, 0.15) is 0 Å². The number of thiazole rings is 1. The van der Waals surface area contributed by atoms with Crippen LogP contribution in [-0.4, -0.2) is 4.57 Å². The predicted molar refractivity (Wildman–Crippen MR) is 88.6 cm³/mol. The third-order valence-corrected chi connectivity index (χ3v) is 5.81. The predicted octanol–water partition coefficient (Wildman–Crippen LogP) is 5.06. The van der Waals surface area contributed by atoms with Gasteiger partial charge in [-0.1, -0.05) is 12.1 Å². The minimum atomic E-state index is 1.01. The Morgan fingerprint density at radius 3 is 2.83 bits per heavy atom. The molecule has 2 aromatic rings. The Bertz CT molecular complexity index is 634. The van der Waals surface area contributed by atoms with Crippen LogP contribution in [0.1, 0.15) is 29.0 Å². The molecule has 4 heteroatoms. The summed E-state index contributed by atoms with van der Waals surface area (Å²) >= 11 is 9.82. The van der Waals surface area contributed by atoms with Crippen molar-refractivity contribution in [1.29, 1.82) is 0 Å². The van der Waals surface area contributed by atoms with Gasteiger partial charge in [0.25, 0.3) is 0 Å². The van der Waals surface area contributed by atoms with Crippen LogP contribution in [0.5, 0.6) is 0 Å². The molecule has 1 aliphatic carbocycles. The molecule has 0 radical (unpaired) electrons. The number of aromatic nitrogens is 1. The van der Waals surface area contributed by atoms with E-state index in [-0.39, 0.29) is 0 Å². The molecule has 1 aromatic heterocycles. The number of halogens is 1. The summed E-state index contributed by atoms with van der Waals surface area (Å²) in [6.07, 6.45) is 4.99. The van der Waals surface area contributed by atoms with Crippen molar-refractivity contribution in [3.8, 4) is 5.69 Å². The summed E-state index contributed by atoms with van der Waals surface area (Å²) in [7, 11) is 0. The first-order valence-electron chi connectivity index (χ1n) is 6.17. The summed E-state index contributed by atoms with van der Waals surface area (Å²) in [4.78, 5) is 1.50. The van der Waals surface area contributed by atoms with Gasteiger partial charge < -0.3 is 0 Å². The maximum absolute atomic E-state index is 5.60. The summed E-state index contributed by atoms with van der Waals surface area (Å²) < 4.78 is 4.62. The lowest BCUT2D eigenvalue weighted by Crippen LogP contribution is -2.09. The Labute approximate surface area is 130 Å². The van der Waals surface area contributed by atoms with Crippen molar-refractivity contribution in [2.75, 3.05) is 0 Å². The molecule has 0 aliphatic heterocycles. The lowest BCUT2D eigenvalue weighted by Gasteiger charge is -2.17. The van der Waals surface area contributed by atoms with Crippen LogP contribution in [0.3, 0.4) is 0 Å². The molecule has 1 aromatic carbocycles. The maximum Gasteiger partial charge on any atom is 0.166 e. The number of para-hydroxylation sites is 1. The first-order chi connectivity index (χ1) is 8.68. The highest BCUT2D eigenvalue weighted by Crippen LogP contribution is 2.33. The lowest BCUT2D eigenvalue weighted by molar-refractivity contribution is 0.665. The number of hydrogen-bond acceptors (Lipinski definition) is 2. The fourth-order valence-corrected chi connectivity index (χ4v) is 5.04. The van der Waals surface area contributed by atoms with Crippen LogP contribution in [0.15, 0.2) is 18.2 Å². The first-order valence-corrected chi connectivity index (χ1v) is 8.48. The third-order valence-electron chi connectivity index (χ3n) is 3.46. The Kier molecular flexibility index (Phi) is 3.60. The molecule has 0 N–H and O–H groups in total. The van der Waals surface area contributed by atoms with E-state index in [0.29, 0.717) is 0 Å². The highest BCUT2D eigenvalue weighted by atomic mass is 127. The van der Waals surface area contributed by atoms with E-state index in [1.54, 1.807) is 11.3 Å². The van der Waals surface area contributed by atoms with E-state index in [0.717, 1.165) is 3.95 Å². The first kappa shape index (κ1) is 12.8. The summed E-state index contributed by atoms with van der Waals surface area (Å²) in [6, 6.07) is 6.45. The van der Waals surface area contributed by atoms with E-state index in [1.165, 1.54) is 51.1 Å². The normalized spacial score (nSPS) is 14.6. The van der Waals surface area contributed by atoms with Gasteiger partial charge >= 0.3 is 0 Å². The van der Waals surface area contributed by atoms with Gasteiger partial charge in [0.05, 0.1) is 5.69 Å². The van der Waals surface area contributed by atoms with Gasteiger partial charge in [0, 0.05) is 14.1 Å². The average Bonchev–Trinajstić information content (AvgIpc) is 2.66. The molecular formula is C14H14INS2. The fraction of sp³-hybridized carbons (Fsp3) is 0.357. The van der Waals surface area contributed by atoms with Crippen molar-refractivity contribution < 1.29 is 0 Å². The molecule has 94 valence electrons. The SMILES string of the molecule is Cc1cccc(I)c1-n1c2c(sc1=S)CCCC2. The molecule has 0 saturated carbocycles. The summed E-state index contributed by atoms with van der Waals surface area (Å²) in [5, 5.41) is 0. The molecule has 1 aliphatic rings. The minimum absolute atomic E-state index is 1.01. The van der Waals surface area contributed by atoms with Crippen molar-refractivity contribution in [1.82, 2.24) is 4.57 Å². The number of rotatable bonds is 1. The Balaban J connectivity index is 2.29. The van der Waals surface area contributed by atoms with Gasteiger partial charge in [0.15, 0.2) is 3.95 Å². The number of fused-ring (bicyclic) bond motifs is 1. The van der Waals surface area contributed by atoms with Crippen molar-refractivity contribution in [3.05, 3.63) is 41.9 Å². The Morgan fingerprint density at radius 2 is 2.06 bits per heavy atom. The number of nitrogens with zero attached hydrogens (tertiary/aromatic N) is 1. The molecule has 0 amide bonds. The highest BCUT2D eigenvalue weighted by molar-refractivity contribution is 14.1. The van der Waals surface area contributed by atoms with Gasteiger partial charge in [-0.25, -0.2) is 0 Å². The molecular weight excluding hydrogens is 373 g/mol. The Hall–Kier alpha value is -0.200. The molecule has 0 saturated heterocycles. The van der Waals surface area contributed by atoms with Gasteiger partial charge in [-0.3, -0.25) is 4.57 Å². The van der Waals surface area contributed by atoms with Gasteiger partial charge in [-0.05, 0) is 79.0 Å². The molecule has 1 heterocycles. The van der Waals surface area contributed by atoms with Crippen LogP contribution in [0, 0.1) is 14.4 Å². The molecule has 0 unspecified atom stereocenters. The molecule has 1 nitrogen and oxygen atoms in total. The zero-order valence-corrected chi connectivity index (χ0v) is 14.0. The van der Waals surface area contributed by atoms with E-state index in [4.69, 9.17) is 12.2 Å². The van der Waals surface area contributed by atoms with Gasteiger partial charge in [-0.2, -0.15) is 0 Å². The third kappa shape index (κ3) is 2.08. The van der Waals surface area contributed by atoms with E-state index < -0.39 is 0 Å². The van der Waals surface area contributed by atoms with Gasteiger partial charge in [-0.15, -0.1) is 11.3 Å². The zero-order chi connectivity index (χ0) is 12.7. The lowest BCUT2D eigenvalue weighted by atomic mass is 10.0. The van der Waals surface area contributed by atoms with E-state index in [9.17, 15) is 0 Å². The molecule has 0 fully saturated rings. The monoisotopic (exact) mass is 387 g/mol. The number of hydrogen-bond donors (Lipinski definition) is 0. The molecule has 0 spiro atoms. The largest absolute Gasteiger partial charge is 0.294 e. The second-order valence-electron chi connectivity index (χ2n) is 4.69. The summed E-state index contributed by atoms with van der Waals surface area (Å²) in [5.74, 6) is 0. The minimum Gasteiger partial charge on any atom is -0.294 e. The van der Waals surface area contributed by atoms with E-state index in [1.807, 2.05) is 0 Å². The van der Waals surface area contributed by atoms with Crippen LogP contribution >= 0.6 is 46.1 Å². The molecule has 0 atom stereocenters. The van der Waals surface area contributed by atoms with E-state index in [2.05, 4.69) is 52.3 Å². The van der Waals surface area contributed by atoms with Crippen LogP contribution in [0.2, 0.25) is 0 Å². The summed E-state index contributed by atoms with van der Waals surface area (Å²) in [5.41, 5.74) is 4.06. The standard InChI is InChI=1S/C14H14INS2/c1-9-5-4-6-10(15)13(9)16-11-7-2-3-8-12(11)18-14(16)17/h4-6H,2-3,7-8H2,1H3. The second kappa shape index (κ2) is 5.06. The van der Waals surface area contributed by atoms with Crippen LogP contribution in [-0.2, 0) is 12.8 Å². The Morgan fingerprint density at radius 1 is 1.28 bits per heavy atom. The average molecular weight is 387 g/mol. The van der Waals surface area contributed by atoms with Crippen LogP contribution < -0.4 is 0 Å².